The van der Waals surface area contributed by atoms with Crippen molar-refractivity contribution in [2.24, 2.45) is 5.41 Å². The number of hydrogen-bond donors (Lipinski definition) is 1. The zero-order chi connectivity index (χ0) is 14.3. The van der Waals surface area contributed by atoms with E-state index in [0.717, 1.165) is 5.69 Å². The molecule has 7 heteroatoms. The van der Waals surface area contributed by atoms with Crippen LogP contribution in [-0.2, 0) is 9.59 Å². The highest BCUT2D eigenvalue weighted by molar-refractivity contribution is 6.38. The van der Waals surface area contributed by atoms with Gasteiger partial charge in [-0.3, -0.25) is 19.9 Å². The van der Waals surface area contributed by atoms with Crippen LogP contribution in [0.15, 0.2) is 12.4 Å². The fourth-order valence-corrected chi connectivity index (χ4v) is 3.56. The number of aromatic nitrogens is 1. The second-order valence-electron chi connectivity index (χ2n) is 5.27. The van der Waals surface area contributed by atoms with E-state index in [1.165, 1.54) is 0 Å². The molecule has 3 rings (SSSR count). The summed E-state index contributed by atoms with van der Waals surface area (Å²) >= 11 is 12.3. The molecule has 1 aromatic heterocycles. The summed E-state index contributed by atoms with van der Waals surface area (Å²) in [6.07, 6.45) is 4.65. The average molecular weight is 314 g/mol. The Kier molecular flexibility index (Phi) is 3.34. The predicted octanol–water partition coefficient (Wildman–Crippen LogP) is 2.02. The molecule has 20 heavy (non-hydrogen) atoms. The Morgan fingerprint density at radius 1 is 1.15 bits per heavy atom. The van der Waals surface area contributed by atoms with Gasteiger partial charge in [0, 0.05) is 31.9 Å². The van der Waals surface area contributed by atoms with Crippen LogP contribution in [0.5, 0.6) is 0 Å². The molecule has 1 spiro atoms. The Hall–Kier alpha value is -1.33. The summed E-state index contributed by atoms with van der Waals surface area (Å²) < 4.78 is 0. The Balaban J connectivity index is 1.79. The Bertz CT molecular complexity index is 563. The summed E-state index contributed by atoms with van der Waals surface area (Å²) in [7, 11) is 0. The molecule has 0 aliphatic carbocycles. The van der Waals surface area contributed by atoms with Crippen molar-refractivity contribution in [3.63, 3.8) is 0 Å². The van der Waals surface area contributed by atoms with E-state index in [0.29, 0.717) is 36.0 Å². The number of pyridine rings is 1. The maximum atomic E-state index is 11.9. The van der Waals surface area contributed by atoms with Crippen LogP contribution in [0, 0.1) is 5.41 Å². The second-order valence-corrected chi connectivity index (χ2v) is 6.09. The number of rotatable bonds is 1. The summed E-state index contributed by atoms with van der Waals surface area (Å²) in [6, 6.07) is 0. The van der Waals surface area contributed by atoms with Crippen LogP contribution < -0.4 is 10.2 Å². The van der Waals surface area contributed by atoms with Crippen molar-refractivity contribution in [2.45, 2.75) is 19.3 Å². The number of anilines is 1. The molecular weight excluding hydrogens is 301 g/mol. The zero-order valence-corrected chi connectivity index (χ0v) is 12.2. The van der Waals surface area contributed by atoms with Gasteiger partial charge in [0.2, 0.25) is 11.8 Å². The lowest BCUT2D eigenvalue weighted by molar-refractivity contribution is -0.129. The molecule has 2 amide bonds. The molecule has 5 nitrogen and oxygen atoms in total. The van der Waals surface area contributed by atoms with Gasteiger partial charge in [0.05, 0.1) is 21.1 Å². The Labute approximate surface area is 126 Å². The minimum atomic E-state index is -0.542. The molecule has 0 bridgehead atoms. The second kappa shape index (κ2) is 4.90. The summed E-state index contributed by atoms with van der Waals surface area (Å²) in [5.74, 6) is -0.322. The lowest BCUT2D eigenvalue weighted by Crippen LogP contribution is -2.44. The van der Waals surface area contributed by atoms with Gasteiger partial charge in [0.1, 0.15) is 0 Å². The van der Waals surface area contributed by atoms with Crippen LogP contribution in [0.3, 0.4) is 0 Å². The topological polar surface area (TPSA) is 62.3 Å². The van der Waals surface area contributed by atoms with E-state index in [1.807, 2.05) is 4.90 Å². The van der Waals surface area contributed by atoms with Crippen molar-refractivity contribution in [2.75, 3.05) is 18.0 Å². The molecule has 2 aliphatic rings. The van der Waals surface area contributed by atoms with Crippen molar-refractivity contribution < 1.29 is 9.59 Å². The molecule has 2 saturated heterocycles. The number of piperidine rings is 1. The molecule has 106 valence electrons. The smallest absolute Gasteiger partial charge is 0.233 e. The SMILES string of the molecule is O=C1CC2(CCN(c3c(Cl)cncc3Cl)CC2)C(=O)N1. The minimum absolute atomic E-state index is 0.144. The third kappa shape index (κ3) is 2.15. The first-order chi connectivity index (χ1) is 9.52. The van der Waals surface area contributed by atoms with Gasteiger partial charge >= 0.3 is 0 Å². The molecule has 0 atom stereocenters. The van der Waals surface area contributed by atoms with Gasteiger partial charge in [-0.1, -0.05) is 23.2 Å². The van der Waals surface area contributed by atoms with Crippen molar-refractivity contribution in [3.8, 4) is 0 Å². The van der Waals surface area contributed by atoms with Gasteiger partial charge in [0.25, 0.3) is 0 Å². The maximum absolute atomic E-state index is 11.9. The van der Waals surface area contributed by atoms with Crippen molar-refractivity contribution in [1.29, 1.82) is 0 Å². The number of imide groups is 1. The maximum Gasteiger partial charge on any atom is 0.233 e. The van der Waals surface area contributed by atoms with Crippen LogP contribution >= 0.6 is 23.2 Å². The van der Waals surface area contributed by atoms with E-state index in [-0.39, 0.29) is 18.2 Å². The van der Waals surface area contributed by atoms with E-state index >= 15 is 0 Å². The van der Waals surface area contributed by atoms with Crippen LogP contribution in [-0.4, -0.2) is 29.9 Å². The lowest BCUT2D eigenvalue weighted by Gasteiger charge is -2.38. The first kappa shape index (κ1) is 13.6. The fraction of sp³-hybridized carbons (Fsp3) is 0.462. The third-order valence-corrected chi connectivity index (χ3v) is 4.65. The highest BCUT2D eigenvalue weighted by Crippen LogP contribution is 2.42. The van der Waals surface area contributed by atoms with Gasteiger partial charge in [-0.15, -0.1) is 0 Å². The van der Waals surface area contributed by atoms with Gasteiger partial charge < -0.3 is 4.90 Å². The van der Waals surface area contributed by atoms with Crippen LogP contribution in [0.1, 0.15) is 19.3 Å². The van der Waals surface area contributed by atoms with E-state index in [9.17, 15) is 9.59 Å². The predicted molar refractivity (Wildman–Crippen MR) is 75.9 cm³/mol. The quantitative estimate of drug-likeness (QED) is 0.806. The number of amides is 2. The highest BCUT2D eigenvalue weighted by atomic mass is 35.5. The molecule has 1 N–H and O–H groups in total. The largest absolute Gasteiger partial charge is 0.369 e. The minimum Gasteiger partial charge on any atom is -0.369 e. The number of carbonyl (C=O) groups is 2. The van der Waals surface area contributed by atoms with Gasteiger partial charge in [-0.2, -0.15) is 0 Å². The molecule has 0 saturated carbocycles. The normalized spacial score (nSPS) is 21.4. The molecule has 0 radical (unpaired) electrons. The molecule has 0 aromatic carbocycles. The highest BCUT2D eigenvalue weighted by Gasteiger charge is 2.48. The number of hydrogen-bond acceptors (Lipinski definition) is 4. The van der Waals surface area contributed by atoms with E-state index in [2.05, 4.69) is 10.3 Å². The summed E-state index contributed by atoms with van der Waals surface area (Å²) in [6.45, 7) is 1.29. The first-order valence-electron chi connectivity index (χ1n) is 6.40. The lowest BCUT2D eigenvalue weighted by atomic mass is 9.77. The van der Waals surface area contributed by atoms with Gasteiger partial charge in [0.15, 0.2) is 0 Å². The standard InChI is InChI=1S/C13H13Cl2N3O2/c14-8-6-16-7-9(15)11(8)18-3-1-13(2-4-18)5-10(19)17-12(13)20/h6-7H,1-5H2,(H,17,19,20). The molecule has 1 aromatic rings. The van der Waals surface area contributed by atoms with E-state index in [4.69, 9.17) is 23.2 Å². The Morgan fingerprint density at radius 2 is 1.75 bits per heavy atom. The molecule has 2 fully saturated rings. The van der Waals surface area contributed by atoms with Crippen LogP contribution in [0.4, 0.5) is 5.69 Å². The fourth-order valence-electron chi connectivity index (χ4n) is 2.96. The average Bonchev–Trinajstić information content (AvgIpc) is 2.66. The van der Waals surface area contributed by atoms with Crippen molar-refractivity contribution >= 4 is 40.7 Å². The van der Waals surface area contributed by atoms with Crippen molar-refractivity contribution in [1.82, 2.24) is 10.3 Å². The molecule has 0 unspecified atom stereocenters. The van der Waals surface area contributed by atoms with E-state index in [1.54, 1.807) is 12.4 Å². The Morgan fingerprint density at radius 3 is 2.25 bits per heavy atom. The van der Waals surface area contributed by atoms with Crippen LogP contribution in [0.2, 0.25) is 10.0 Å². The number of nitrogens with zero attached hydrogens (tertiary/aromatic N) is 2. The van der Waals surface area contributed by atoms with Gasteiger partial charge in [-0.25, -0.2) is 0 Å². The summed E-state index contributed by atoms with van der Waals surface area (Å²) in [5.41, 5.74) is 0.211. The number of halogens is 2. The number of nitrogens with one attached hydrogen (secondary N) is 1. The third-order valence-electron chi connectivity index (χ3n) is 4.10. The zero-order valence-electron chi connectivity index (χ0n) is 10.7. The monoisotopic (exact) mass is 313 g/mol. The molecular formula is C13H13Cl2N3O2. The molecule has 2 aliphatic heterocycles. The van der Waals surface area contributed by atoms with Crippen molar-refractivity contribution in [3.05, 3.63) is 22.4 Å². The van der Waals surface area contributed by atoms with Gasteiger partial charge in [-0.05, 0) is 12.8 Å². The van der Waals surface area contributed by atoms with Crippen LogP contribution in [0.25, 0.3) is 0 Å². The summed E-state index contributed by atoms with van der Waals surface area (Å²) in [5, 5.41) is 3.40. The van der Waals surface area contributed by atoms with E-state index < -0.39 is 5.41 Å². The first-order valence-corrected chi connectivity index (χ1v) is 7.16. The number of carbonyl (C=O) groups excluding carboxylic acids is 2. The summed E-state index contributed by atoms with van der Waals surface area (Å²) in [4.78, 5) is 29.3. The molecule has 3 heterocycles.